The fraction of sp³-hybridized carbons (Fsp3) is 0.417. The number of aromatic nitrogens is 1. The van der Waals surface area contributed by atoms with Gasteiger partial charge in [0.2, 0.25) is 0 Å². The zero-order valence-electron chi connectivity index (χ0n) is 26.1. The number of anilines is 1. The molecule has 0 radical (unpaired) electrons. The highest BCUT2D eigenvalue weighted by molar-refractivity contribution is 5.84. The monoisotopic (exact) mass is 577 g/mol. The Balaban J connectivity index is 0.00000165. The van der Waals surface area contributed by atoms with Crippen molar-refractivity contribution < 1.29 is 14.6 Å². The predicted molar refractivity (Wildman–Crippen MR) is 178 cm³/mol. The lowest BCUT2D eigenvalue weighted by Crippen LogP contribution is -2.07. The van der Waals surface area contributed by atoms with Gasteiger partial charge in [0.1, 0.15) is 17.4 Å². The van der Waals surface area contributed by atoms with Crippen LogP contribution in [-0.2, 0) is 6.42 Å². The number of para-hydroxylation sites is 1. The van der Waals surface area contributed by atoms with Crippen LogP contribution in [0.1, 0.15) is 76.8 Å². The van der Waals surface area contributed by atoms with Gasteiger partial charge in [-0.1, -0.05) is 77.1 Å². The lowest BCUT2D eigenvalue weighted by molar-refractivity contribution is 0.253. The van der Waals surface area contributed by atoms with Crippen LogP contribution in [0.2, 0.25) is 0 Å². The quantitative estimate of drug-likeness (QED) is 0.107. The van der Waals surface area contributed by atoms with Gasteiger partial charge in [-0.3, -0.25) is 0 Å². The molecule has 0 saturated carbocycles. The van der Waals surface area contributed by atoms with E-state index in [2.05, 4.69) is 35.8 Å². The summed E-state index contributed by atoms with van der Waals surface area (Å²) in [6, 6.07) is 12.5. The van der Waals surface area contributed by atoms with E-state index in [0.717, 1.165) is 84.5 Å². The van der Waals surface area contributed by atoms with Crippen molar-refractivity contribution in [3.05, 3.63) is 103 Å². The van der Waals surface area contributed by atoms with Crippen LogP contribution in [0.15, 0.2) is 85.9 Å². The van der Waals surface area contributed by atoms with Gasteiger partial charge in [-0.2, -0.15) is 0 Å². The van der Waals surface area contributed by atoms with Crippen LogP contribution in [-0.4, -0.2) is 21.8 Å². The predicted octanol–water partition coefficient (Wildman–Crippen LogP) is 9.20. The number of fused-ring (bicyclic) bond motifs is 1. The number of nitrogens with two attached hydrogens (primary N) is 1. The summed E-state index contributed by atoms with van der Waals surface area (Å²) < 4.78 is 13.6. The van der Waals surface area contributed by atoms with Crippen LogP contribution >= 0.6 is 0 Å². The van der Waals surface area contributed by atoms with E-state index in [9.17, 15) is 14.6 Å². The van der Waals surface area contributed by atoms with Crippen LogP contribution in [0.25, 0.3) is 10.8 Å². The van der Waals surface area contributed by atoms with Crippen LogP contribution in [0.3, 0.4) is 0 Å². The van der Waals surface area contributed by atoms with Gasteiger partial charge >= 0.3 is 0 Å². The number of aliphatic hydroxyl groups excluding tert-OH is 1. The number of pyridine rings is 1. The number of unbranched alkanes of at least 4 members (excludes halogenated alkanes) is 1. The minimum absolute atomic E-state index is 0.148. The maximum atomic E-state index is 13.6. The van der Waals surface area contributed by atoms with E-state index >= 15 is 0 Å². The zero-order valence-corrected chi connectivity index (χ0v) is 26.1. The first-order valence-electron chi connectivity index (χ1n) is 15.1. The standard InChI is InChI=1S/C32H41FN2O2.C2H5N.C2H6/c1-22(24(3)21-36)8-5-6-10-26(14-15-27-11-7-9-23(2)32(27)37)13-12-25(4)35-31-19-29-18-30(33)17-16-28(29)20-34-31;1-2-3;1-2/h7,9,11,16-20,24,26,36-37H,1,4-6,8,10,12-15,21H2,2-3H3,(H,34,35);2H,1,3H2;1-2H3. The van der Waals surface area contributed by atoms with Crippen molar-refractivity contribution in [2.24, 2.45) is 17.6 Å². The molecule has 0 saturated heterocycles. The number of nitrogens with one attached hydrogen (secondary N) is 1. The molecule has 0 spiro atoms. The maximum absolute atomic E-state index is 13.6. The fourth-order valence-electron chi connectivity index (χ4n) is 4.68. The molecule has 1 heterocycles. The molecule has 2 aromatic carbocycles. The topological polar surface area (TPSA) is 91.4 Å². The Morgan fingerprint density at radius 1 is 1.05 bits per heavy atom. The number of aromatic hydroxyl groups is 1. The molecule has 2 atom stereocenters. The molecule has 0 aliphatic heterocycles. The Morgan fingerprint density at radius 3 is 2.45 bits per heavy atom. The Hall–Kier alpha value is -3.64. The largest absolute Gasteiger partial charge is 0.507 e. The number of phenolic OH excluding ortho intramolecular Hbond substituents is 1. The second kappa shape index (κ2) is 20.3. The highest BCUT2D eigenvalue weighted by Gasteiger charge is 2.13. The Labute approximate surface area is 253 Å². The Bertz CT molecular complexity index is 1260. The van der Waals surface area contributed by atoms with Gasteiger partial charge in [0, 0.05) is 23.9 Å². The molecule has 2 unspecified atom stereocenters. The van der Waals surface area contributed by atoms with Gasteiger partial charge in [-0.25, -0.2) is 9.37 Å². The second-order valence-corrected chi connectivity index (χ2v) is 10.5. The van der Waals surface area contributed by atoms with E-state index < -0.39 is 0 Å². The summed E-state index contributed by atoms with van der Waals surface area (Å²) in [7, 11) is 0. The molecule has 0 fully saturated rings. The first-order valence-corrected chi connectivity index (χ1v) is 15.1. The number of aryl methyl sites for hydroxylation is 2. The minimum atomic E-state index is -0.264. The molecule has 1 aromatic heterocycles. The molecule has 0 amide bonds. The molecule has 3 aromatic rings. The van der Waals surface area contributed by atoms with Gasteiger partial charge in [0.15, 0.2) is 0 Å². The van der Waals surface area contributed by atoms with E-state index in [-0.39, 0.29) is 18.3 Å². The summed E-state index contributed by atoms with van der Waals surface area (Å²) in [5, 5.41) is 24.8. The molecular weight excluding hydrogens is 525 g/mol. The molecule has 6 heteroatoms. The van der Waals surface area contributed by atoms with Gasteiger partial charge in [0.25, 0.3) is 0 Å². The van der Waals surface area contributed by atoms with Gasteiger partial charge in [-0.15, -0.1) is 0 Å². The Morgan fingerprint density at radius 2 is 1.76 bits per heavy atom. The first kappa shape index (κ1) is 36.4. The van der Waals surface area contributed by atoms with Crippen molar-refractivity contribution in [2.75, 3.05) is 11.9 Å². The summed E-state index contributed by atoms with van der Waals surface area (Å²) in [6.45, 7) is 19.6. The fourth-order valence-corrected chi connectivity index (χ4v) is 4.68. The summed E-state index contributed by atoms with van der Waals surface area (Å²) in [5.41, 5.74) is 8.52. The average Bonchev–Trinajstić information content (AvgIpc) is 2.98. The van der Waals surface area contributed by atoms with Crippen molar-refractivity contribution in [3.63, 3.8) is 0 Å². The Kier molecular flexibility index (Phi) is 17.6. The normalized spacial score (nSPS) is 11.8. The van der Waals surface area contributed by atoms with Crippen molar-refractivity contribution >= 4 is 16.6 Å². The van der Waals surface area contributed by atoms with Crippen LogP contribution in [0, 0.1) is 24.6 Å². The number of rotatable bonds is 15. The third-order valence-electron chi connectivity index (χ3n) is 7.32. The molecule has 3 rings (SSSR count). The number of phenols is 1. The number of aliphatic hydroxyl groups is 1. The van der Waals surface area contributed by atoms with E-state index in [0.29, 0.717) is 17.5 Å². The molecule has 0 aliphatic rings. The summed E-state index contributed by atoms with van der Waals surface area (Å²) in [4.78, 5) is 4.45. The number of hydrogen-bond acceptors (Lipinski definition) is 5. The SMILES string of the molecule is C=C(CCC(CCCCC(=C)C(C)CO)CCc1cccc(C)c1O)Nc1cc2cc(F)ccc2cn1.C=CN.CC. The second-order valence-electron chi connectivity index (χ2n) is 10.5. The smallest absolute Gasteiger partial charge is 0.130 e. The number of benzene rings is 2. The number of halogens is 1. The lowest BCUT2D eigenvalue weighted by Gasteiger charge is -2.19. The van der Waals surface area contributed by atoms with Crippen LogP contribution in [0.5, 0.6) is 5.75 Å². The number of hydrogen-bond donors (Lipinski definition) is 4. The van der Waals surface area contributed by atoms with E-state index in [4.69, 9.17) is 0 Å². The van der Waals surface area contributed by atoms with Crippen molar-refractivity contribution in [1.29, 1.82) is 0 Å². The number of nitrogens with zero attached hydrogens (tertiary/aromatic N) is 1. The van der Waals surface area contributed by atoms with Crippen LogP contribution in [0.4, 0.5) is 10.2 Å². The molecule has 5 N–H and O–H groups in total. The molecule has 5 nitrogen and oxygen atoms in total. The van der Waals surface area contributed by atoms with Crippen molar-refractivity contribution in [2.45, 2.75) is 79.1 Å². The molecule has 230 valence electrons. The summed E-state index contributed by atoms with van der Waals surface area (Å²) >= 11 is 0. The van der Waals surface area contributed by atoms with Gasteiger partial charge in [-0.05, 0) is 104 Å². The van der Waals surface area contributed by atoms with E-state index in [1.54, 1.807) is 12.3 Å². The lowest BCUT2D eigenvalue weighted by atomic mass is 9.88. The van der Waals surface area contributed by atoms with Crippen molar-refractivity contribution in [3.8, 4) is 5.75 Å². The maximum Gasteiger partial charge on any atom is 0.130 e. The summed E-state index contributed by atoms with van der Waals surface area (Å²) in [6.07, 6.45) is 10.8. The highest BCUT2D eigenvalue weighted by Crippen LogP contribution is 2.29. The third kappa shape index (κ3) is 12.9. The molecule has 0 aliphatic carbocycles. The first-order chi connectivity index (χ1) is 20.2. The van der Waals surface area contributed by atoms with Gasteiger partial charge in [0.05, 0.1) is 0 Å². The molecular formula is C36H52FN3O2. The number of allylic oxidation sites excluding steroid dienone is 1. The minimum Gasteiger partial charge on any atom is -0.507 e. The molecule has 0 bridgehead atoms. The third-order valence-corrected chi connectivity index (χ3v) is 7.32. The molecule has 42 heavy (non-hydrogen) atoms. The van der Waals surface area contributed by atoms with Crippen molar-refractivity contribution in [1.82, 2.24) is 4.98 Å². The average molecular weight is 578 g/mol. The summed E-state index contributed by atoms with van der Waals surface area (Å²) in [5.74, 6) is 1.44. The van der Waals surface area contributed by atoms with E-state index in [1.165, 1.54) is 18.3 Å². The van der Waals surface area contributed by atoms with Crippen LogP contribution < -0.4 is 11.1 Å². The zero-order chi connectivity index (χ0) is 31.5. The van der Waals surface area contributed by atoms with E-state index in [1.807, 2.05) is 52.0 Å². The van der Waals surface area contributed by atoms with Gasteiger partial charge < -0.3 is 21.3 Å². The highest BCUT2D eigenvalue weighted by atomic mass is 19.1.